The lowest BCUT2D eigenvalue weighted by atomic mass is 10.2. The molecule has 16 heavy (non-hydrogen) atoms. The zero-order chi connectivity index (χ0) is 11.7. The standard InChI is InChI=1S/C9H9N5O2/c1-6-2-3-7(14(15)16)4-8(6)13-5-9(10)11-12-13/h2-5H,10H2,1H3. The quantitative estimate of drug-likeness (QED) is 0.601. The van der Waals surface area contributed by atoms with Gasteiger partial charge in [-0.2, -0.15) is 0 Å². The molecule has 0 fully saturated rings. The SMILES string of the molecule is Cc1ccc([N+](=O)[O-])cc1-n1cc(N)nn1. The third-order valence-corrected chi connectivity index (χ3v) is 2.16. The molecule has 0 saturated carbocycles. The van der Waals surface area contributed by atoms with E-state index in [4.69, 9.17) is 5.73 Å². The number of nitro groups is 1. The van der Waals surface area contributed by atoms with E-state index >= 15 is 0 Å². The van der Waals surface area contributed by atoms with Crippen molar-refractivity contribution in [3.63, 3.8) is 0 Å². The summed E-state index contributed by atoms with van der Waals surface area (Å²) in [7, 11) is 0. The minimum atomic E-state index is -0.455. The Morgan fingerprint density at radius 3 is 2.81 bits per heavy atom. The van der Waals surface area contributed by atoms with Crippen LogP contribution < -0.4 is 5.73 Å². The zero-order valence-corrected chi connectivity index (χ0v) is 8.49. The number of nitro benzene ring substituents is 1. The monoisotopic (exact) mass is 219 g/mol. The third kappa shape index (κ3) is 1.70. The fourth-order valence-corrected chi connectivity index (χ4v) is 1.35. The van der Waals surface area contributed by atoms with Crippen LogP contribution in [0.25, 0.3) is 5.69 Å². The minimum Gasteiger partial charge on any atom is -0.381 e. The Morgan fingerprint density at radius 2 is 2.25 bits per heavy atom. The van der Waals surface area contributed by atoms with Gasteiger partial charge in [0.1, 0.15) is 0 Å². The normalized spacial score (nSPS) is 10.3. The predicted molar refractivity (Wildman–Crippen MR) is 57.2 cm³/mol. The zero-order valence-electron chi connectivity index (χ0n) is 8.49. The lowest BCUT2D eigenvalue weighted by Crippen LogP contribution is -1.99. The molecule has 1 aromatic carbocycles. The van der Waals surface area contributed by atoms with Crippen molar-refractivity contribution in [1.82, 2.24) is 15.0 Å². The molecule has 0 saturated heterocycles. The predicted octanol–water partition coefficient (Wildman–Crippen LogP) is 1.07. The Balaban J connectivity index is 2.55. The van der Waals surface area contributed by atoms with E-state index in [0.717, 1.165) is 5.56 Å². The van der Waals surface area contributed by atoms with Crippen molar-refractivity contribution in [3.05, 3.63) is 40.1 Å². The van der Waals surface area contributed by atoms with E-state index in [2.05, 4.69) is 10.3 Å². The number of hydrogen-bond donors (Lipinski definition) is 1. The van der Waals surface area contributed by atoms with Gasteiger partial charge in [-0.05, 0) is 12.5 Å². The Labute approximate surface area is 90.6 Å². The number of nitrogens with two attached hydrogens (primary N) is 1. The first-order valence-corrected chi connectivity index (χ1v) is 4.51. The maximum Gasteiger partial charge on any atom is 0.271 e. The molecular weight excluding hydrogens is 210 g/mol. The summed E-state index contributed by atoms with van der Waals surface area (Å²) in [4.78, 5) is 10.2. The molecule has 7 heteroatoms. The molecule has 82 valence electrons. The van der Waals surface area contributed by atoms with E-state index in [1.165, 1.54) is 23.0 Å². The first-order chi connectivity index (χ1) is 7.58. The molecule has 1 aromatic heterocycles. The van der Waals surface area contributed by atoms with E-state index in [1.807, 2.05) is 6.92 Å². The van der Waals surface area contributed by atoms with Crippen LogP contribution in [0.5, 0.6) is 0 Å². The fraction of sp³-hybridized carbons (Fsp3) is 0.111. The maximum atomic E-state index is 10.6. The highest BCUT2D eigenvalue weighted by atomic mass is 16.6. The molecule has 0 aliphatic heterocycles. The Hall–Kier alpha value is -2.44. The summed E-state index contributed by atoms with van der Waals surface area (Å²) >= 11 is 0. The highest BCUT2D eigenvalue weighted by Crippen LogP contribution is 2.20. The van der Waals surface area contributed by atoms with Crippen molar-refractivity contribution in [2.24, 2.45) is 0 Å². The number of benzene rings is 1. The van der Waals surface area contributed by atoms with Crippen LogP contribution in [0.15, 0.2) is 24.4 Å². The molecule has 0 aliphatic rings. The van der Waals surface area contributed by atoms with Crippen LogP contribution in [-0.2, 0) is 0 Å². The number of anilines is 1. The summed E-state index contributed by atoms with van der Waals surface area (Å²) < 4.78 is 1.41. The van der Waals surface area contributed by atoms with Gasteiger partial charge in [0.2, 0.25) is 0 Å². The minimum absolute atomic E-state index is 0.00896. The van der Waals surface area contributed by atoms with Gasteiger partial charge in [-0.15, -0.1) is 5.10 Å². The second kappa shape index (κ2) is 3.61. The number of aromatic nitrogens is 3. The summed E-state index contributed by atoms with van der Waals surface area (Å²) in [5.74, 6) is 0.269. The lowest BCUT2D eigenvalue weighted by molar-refractivity contribution is -0.384. The molecule has 2 N–H and O–H groups in total. The van der Waals surface area contributed by atoms with E-state index in [-0.39, 0.29) is 11.5 Å². The summed E-state index contributed by atoms with van der Waals surface area (Å²) in [6.07, 6.45) is 1.51. The Morgan fingerprint density at radius 1 is 1.50 bits per heavy atom. The molecule has 0 spiro atoms. The van der Waals surface area contributed by atoms with Crippen LogP contribution >= 0.6 is 0 Å². The topological polar surface area (TPSA) is 99.9 Å². The lowest BCUT2D eigenvalue weighted by Gasteiger charge is -2.03. The number of nitrogen functional groups attached to an aromatic ring is 1. The number of non-ortho nitro benzene ring substituents is 1. The Kier molecular flexibility index (Phi) is 2.28. The third-order valence-electron chi connectivity index (χ3n) is 2.16. The van der Waals surface area contributed by atoms with Crippen molar-refractivity contribution in [2.45, 2.75) is 6.92 Å². The van der Waals surface area contributed by atoms with Gasteiger partial charge >= 0.3 is 0 Å². The van der Waals surface area contributed by atoms with Crippen LogP contribution in [0.1, 0.15) is 5.56 Å². The largest absolute Gasteiger partial charge is 0.381 e. The van der Waals surface area contributed by atoms with Crippen LogP contribution in [-0.4, -0.2) is 19.9 Å². The molecule has 0 unspecified atom stereocenters. The van der Waals surface area contributed by atoms with Crippen molar-refractivity contribution in [3.8, 4) is 5.69 Å². The molecule has 7 nitrogen and oxygen atoms in total. The summed E-state index contributed by atoms with van der Waals surface area (Å²) in [5, 5.41) is 18.0. The molecule has 0 bridgehead atoms. The average Bonchev–Trinajstić information content (AvgIpc) is 2.65. The van der Waals surface area contributed by atoms with Gasteiger partial charge in [0.15, 0.2) is 5.82 Å². The molecule has 0 aliphatic carbocycles. The van der Waals surface area contributed by atoms with Crippen molar-refractivity contribution in [2.75, 3.05) is 5.73 Å². The van der Waals surface area contributed by atoms with Gasteiger partial charge in [-0.25, -0.2) is 4.68 Å². The van der Waals surface area contributed by atoms with Crippen molar-refractivity contribution < 1.29 is 4.92 Å². The van der Waals surface area contributed by atoms with Crippen LogP contribution in [0.2, 0.25) is 0 Å². The molecular formula is C9H9N5O2. The average molecular weight is 219 g/mol. The van der Waals surface area contributed by atoms with Crippen LogP contribution in [0.3, 0.4) is 0 Å². The fourth-order valence-electron chi connectivity index (χ4n) is 1.35. The highest BCUT2D eigenvalue weighted by molar-refractivity contribution is 5.48. The highest BCUT2D eigenvalue weighted by Gasteiger charge is 2.10. The van der Waals surface area contributed by atoms with Gasteiger partial charge in [0, 0.05) is 12.1 Å². The molecule has 2 aromatic rings. The van der Waals surface area contributed by atoms with E-state index < -0.39 is 4.92 Å². The molecule has 2 rings (SSSR count). The first kappa shape index (κ1) is 10.1. The second-order valence-electron chi connectivity index (χ2n) is 3.32. The van der Waals surface area contributed by atoms with Crippen LogP contribution in [0.4, 0.5) is 11.5 Å². The summed E-state index contributed by atoms with van der Waals surface area (Å²) in [5.41, 5.74) is 6.90. The van der Waals surface area contributed by atoms with E-state index in [0.29, 0.717) is 5.69 Å². The number of aryl methyl sites for hydroxylation is 1. The summed E-state index contributed by atoms with van der Waals surface area (Å²) in [6.45, 7) is 1.83. The summed E-state index contributed by atoms with van der Waals surface area (Å²) in [6, 6.07) is 4.54. The molecule has 0 radical (unpaired) electrons. The van der Waals surface area contributed by atoms with Gasteiger partial charge in [-0.1, -0.05) is 11.3 Å². The van der Waals surface area contributed by atoms with Crippen LogP contribution in [0, 0.1) is 17.0 Å². The Bertz CT molecular complexity index is 549. The molecule has 0 atom stereocenters. The van der Waals surface area contributed by atoms with Gasteiger partial charge in [0.25, 0.3) is 5.69 Å². The van der Waals surface area contributed by atoms with Gasteiger partial charge in [-0.3, -0.25) is 10.1 Å². The van der Waals surface area contributed by atoms with Gasteiger partial charge in [0.05, 0.1) is 16.8 Å². The van der Waals surface area contributed by atoms with Crippen molar-refractivity contribution in [1.29, 1.82) is 0 Å². The van der Waals surface area contributed by atoms with Crippen molar-refractivity contribution >= 4 is 11.5 Å². The number of nitrogens with zero attached hydrogens (tertiary/aromatic N) is 4. The maximum absolute atomic E-state index is 10.6. The van der Waals surface area contributed by atoms with E-state index in [1.54, 1.807) is 6.07 Å². The smallest absolute Gasteiger partial charge is 0.271 e. The second-order valence-corrected chi connectivity index (χ2v) is 3.32. The van der Waals surface area contributed by atoms with E-state index in [9.17, 15) is 10.1 Å². The molecule has 0 amide bonds. The van der Waals surface area contributed by atoms with Gasteiger partial charge < -0.3 is 5.73 Å². The number of rotatable bonds is 2. The first-order valence-electron chi connectivity index (χ1n) is 4.51. The number of hydrogen-bond acceptors (Lipinski definition) is 5. The molecule has 1 heterocycles.